The molecule has 0 aliphatic carbocycles. The van der Waals surface area contributed by atoms with Gasteiger partial charge in [-0.05, 0) is 30.7 Å². The third-order valence-corrected chi connectivity index (χ3v) is 4.35. The molecule has 25 heavy (non-hydrogen) atoms. The van der Waals surface area contributed by atoms with Crippen LogP contribution < -0.4 is 16.0 Å². The van der Waals surface area contributed by atoms with Crippen molar-refractivity contribution in [3.8, 4) is 0 Å². The lowest BCUT2D eigenvalue weighted by molar-refractivity contribution is -0.122. The number of primary amides is 1. The summed E-state index contributed by atoms with van der Waals surface area (Å²) in [6.07, 6.45) is 0.138. The molecule has 1 heterocycles. The van der Waals surface area contributed by atoms with Gasteiger partial charge in [0.25, 0.3) is 5.91 Å². The molecule has 1 aliphatic rings. The molecule has 6 nitrogen and oxygen atoms in total. The first-order chi connectivity index (χ1) is 12.0. The van der Waals surface area contributed by atoms with Gasteiger partial charge in [0.05, 0.1) is 17.2 Å². The summed E-state index contributed by atoms with van der Waals surface area (Å²) in [5.74, 6) is -1.47. The predicted octanol–water partition coefficient (Wildman–Crippen LogP) is 2.09. The Morgan fingerprint density at radius 2 is 1.80 bits per heavy atom. The minimum absolute atomic E-state index is 0.0855. The monoisotopic (exact) mass is 337 g/mol. The Bertz CT molecular complexity index is 847. The topological polar surface area (TPSA) is 92.5 Å². The maximum Gasteiger partial charge on any atom is 0.250 e. The van der Waals surface area contributed by atoms with Crippen LogP contribution in [0.5, 0.6) is 0 Å². The first-order valence-corrected chi connectivity index (χ1v) is 8.03. The Morgan fingerprint density at radius 3 is 2.52 bits per heavy atom. The molecule has 0 saturated carbocycles. The second kappa shape index (κ2) is 6.76. The van der Waals surface area contributed by atoms with Crippen molar-refractivity contribution < 1.29 is 14.4 Å². The molecule has 0 radical (unpaired) electrons. The van der Waals surface area contributed by atoms with Gasteiger partial charge < -0.3 is 16.0 Å². The highest BCUT2D eigenvalue weighted by molar-refractivity contribution is 6.07. The van der Waals surface area contributed by atoms with E-state index >= 15 is 0 Å². The van der Waals surface area contributed by atoms with Gasteiger partial charge in [-0.3, -0.25) is 14.4 Å². The van der Waals surface area contributed by atoms with E-state index in [9.17, 15) is 14.4 Å². The predicted molar refractivity (Wildman–Crippen MR) is 95.2 cm³/mol. The summed E-state index contributed by atoms with van der Waals surface area (Å²) < 4.78 is 0. The molecular formula is C19H19N3O3. The quantitative estimate of drug-likeness (QED) is 0.894. The largest absolute Gasteiger partial charge is 0.366 e. The van der Waals surface area contributed by atoms with Crippen LogP contribution in [0.3, 0.4) is 0 Å². The number of hydrogen-bond donors (Lipinski definition) is 2. The number of anilines is 2. The van der Waals surface area contributed by atoms with Gasteiger partial charge in [0.1, 0.15) is 0 Å². The van der Waals surface area contributed by atoms with Crippen molar-refractivity contribution in [1.29, 1.82) is 0 Å². The van der Waals surface area contributed by atoms with Gasteiger partial charge in [0, 0.05) is 18.7 Å². The molecule has 0 spiro atoms. The number of rotatable bonds is 4. The van der Waals surface area contributed by atoms with E-state index in [2.05, 4.69) is 5.32 Å². The van der Waals surface area contributed by atoms with Gasteiger partial charge in [0.15, 0.2) is 0 Å². The summed E-state index contributed by atoms with van der Waals surface area (Å²) >= 11 is 0. The second-order valence-electron chi connectivity index (χ2n) is 6.09. The molecule has 3 amide bonds. The number of carbonyl (C=O) groups is 3. The lowest BCUT2D eigenvalue weighted by Crippen LogP contribution is -2.29. The highest BCUT2D eigenvalue weighted by Gasteiger charge is 2.35. The van der Waals surface area contributed by atoms with Crippen molar-refractivity contribution in [2.24, 2.45) is 11.7 Å². The molecule has 128 valence electrons. The van der Waals surface area contributed by atoms with Crippen LogP contribution in [0.25, 0.3) is 0 Å². The lowest BCUT2D eigenvalue weighted by Gasteiger charge is -2.19. The molecule has 1 atom stereocenters. The molecule has 2 aromatic rings. The number of carbonyl (C=O) groups excluding carboxylic acids is 3. The highest BCUT2D eigenvalue weighted by atomic mass is 16.2. The van der Waals surface area contributed by atoms with E-state index in [1.54, 1.807) is 29.2 Å². The third kappa shape index (κ3) is 3.38. The van der Waals surface area contributed by atoms with Gasteiger partial charge in [-0.2, -0.15) is 0 Å². The molecular weight excluding hydrogens is 318 g/mol. The van der Waals surface area contributed by atoms with E-state index in [0.717, 1.165) is 11.3 Å². The molecule has 0 bridgehead atoms. The van der Waals surface area contributed by atoms with Crippen LogP contribution in [-0.4, -0.2) is 24.3 Å². The van der Waals surface area contributed by atoms with Crippen LogP contribution >= 0.6 is 0 Å². The summed E-state index contributed by atoms with van der Waals surface area (Å²) in [5, 5.41) is 2.72. The number of benzene rings is 2. The van der Waals surface area contributed by atoms with E-state index in [1.165, 1.54) is 0 Å². The SMILES string of the molecule is Cc1ccccc1N1C[C@@H](C(=O)Nc2ccccc2C(N)=O)CC1=O. The second-order valence-corrected chi connectivity index (χ2v) is 6.09. The zero-order valence-corrected chi connectivity index (χ0v) is 13.9. The zero-order valence-electron chi connectivity index (χ0n) is 13.9. The number of nitrogens with zero attached hydrogens (tertiary/aromatic N) is 1. The third-order valence-electron chi connectivity index (χ3n) is 4.35. The number of aryl methyl sites for hydroxylation is 1. The van der Waals surface area contributed by atoms with E-state index in [0.29, 0.717) is 12.2 Å². The lowest BCUT2D eigenvalue weighted by atomic mass is 10.1. The number of nitrogens with two attached hydrogens (primary N) is 1. The first kappa shape index (κ1) is 16.7. The first-order valence-electron chi connectivity index (χ1n) is 8.03. The van der Waals surface area contributed by atoms with Crippen molar-refractivity contribution in [1.82, 2.24) is 0 Å². The van der Waals surface area contributed by atoms with Crippen molar-refractivity contribution in [2.75, 3.05) is 16.8 Å². The molecule has 1 fully saturated rings. The molecule has 0 unspecified atom stereocenters. The molecule has 2 aromatic carbocycles. The van der Waals surface area contributed by atoms with Crippen LogP contribution in [0.2, 0.25) is 0 Å². The maximum absolute atomic E-state index is 12.6. The summed E-state index contributed by atoms with van der Waals surface area (Å²) in [4.78, 5) is 38.0. The fourth-order valence-corrected chi connectivity index (χ4v) is 3.02. The average Bonchev–Trinajstić information content (AvgIpc) is 2.97. The van der Waals surface area contributed by atoms with Crippen LogP contribution in [0, 0.1) is 12.8 Å². The Labute approximate surface area is 145 Å². The minimum Gasteiger partial charge on any atom is -0.366 e. The van der Waals surface area contributed by atoms with Crippen LogP contribution in [0.4, 0.5) is 11.4 Å². The Hall–Kier alpha value is -3.15. The molecule has 3 N–H and O–H groups in total. The molecule has 3 rings (SSSR count). The van der Waals surface area contributed by atoms with Crippen molar-refractivity contribution in [3.63, 3.8) is 0 Å². The maximum atomic E-state index is 12.6. The normalized spacial score (nSPS) is 16.8. The molecule has 1 saturated heterocycles. The number of amides is 3. The average molecular weight is 337 g/mol. The fourth-order valence-electron chi connectivity index (χ4n) is 3.02. The minimum atomic E-state index is -0.611. The number of nitrogens with one attached hydrogen (secondary N) is 1. The molecule has 6 heteroatoms. The van der Waals surface area contributed by atoms with Crippen LogP contribution in [0.15, 0.2) is 48.5 Å². The van der Waals surface area contributed by atoms with E-state index in [1.807, 2.05) is 31.2 Å². The Morgan fingerprint density at radius 1 is 1.12 bits per heavy atom. The summed E-state index contributed by atoms with van der Waals surface area (Å²) in [5.41, 5.74) is 7.74. The summed E-state index contributed by atoms with van der Waals surface area (Å²) in [6, 6.07) is 14.1. The van der Waals surface area contributed by atoms with Crippen molar-refractivity contribution >= 4 is 29.1 Å². The zero-order chi connectivity index (χ0) is 18.0. The summed E-state index contributed by atoms with van der Waals surface area (Å²) in [6.45, 7) is 2.24. The fraction of sp³-hybridized carbons (Fsp3) is 0.211. The number of hydrogen-bond acceptors (Lipinski definition) is 3. The van der Waals surface area contributed by atoms with Crippen LogP contribution in [-0.2, 0) is 9.59 Å². The van der Waals surface area contributed by atoms with Gasteiger partial charge in [0.2, 0.25) is 11.8 Å². The van der Waals surface area contributed by atoms with Crippen molar-refractivity contribution in [3.05, 3.63) is 59.7 Å². The summed E-state index contributed by atoms with van der Waals surface area (Å²) in [7, 11) is 0. The van der Waals surface area contributed by atoms with Gasteiger partial charge in [-0.15, -0.1) is 0 Å². The van der Waals surface area contributed by atoms with Gasteiger partial charge in [-0.1, -0.05) is 30.3 Å². The highest BCUT2D eigenvalue weighted by Crippen LogP contribution is 2.28. The van der Waals surface area contributed by atoms with E-state index in [4.69, 9.17) is 5.73 Å². The Balaban J connectivity index is 1.76. The van der Waals surface area contributed by atoms with Crippen molar-refractivity contribution in [2.45, 2.75) is 13.3 Å². The standard InChI is InChI=1S/C19H19N3O3/c1-12-6-2-5-9-16(12)22-11-13(10-17(22)23)19(25)21-15-8-4-3-7-14(15)18(20)24/h2-9,13H,10-11H2,1H3,(H2,20,24)(H,21,25)/t13-/m0/s1. The smallest absolute Gasteiger partial charge is 0.250 e. The van der Waals surface area contributed by atoms with Gasteiger partial charge in [-0.25, -0.2) is 0 Å². The van der Waals surface area contributed by atoms with Crippen LogP contribution in [0.1, 0.15) is 22.3 Å². The Kier molecular flexibility index (Phi) is 4.52. The molecule has 1 aliphatic heterocycles. The molecule has 0 aromatic heterocycles. The number of para-hydroxylation sites is 2. The van der Waals surface area contributed by atoms with Gasteiger partial charge >= 0.3 is 0 Å². The van der Waals surface area contributed by atoms with E-state index in [-0.39, 0.29) is 23.8 Å². The van der Waals surface area contributed by atoms with E-state index < -0.39 is 11.8 Å².